The summed E-state index contributed by atoms with van der Waals surface area (Å²) < 4.78 is 5.16. The maximum Gasteiger partial charge on any atom is 0.252 e. The van der Waals surface area contributed by atoms with Crippen LogP contribution < -0.4 is 26.2 Å². The summed E-state index contributed by atoms with van der Waals surface area (Å²) in [5.74, 6) is 0. The van der Waals surface area contributed by atoms with Gasteiger partial charge < -0.3 is 18.9 Å². The van der Waals surface area contributed by atoms with Crippen molar-refractivity contribution in [3.8, 4) is 55.9 Å². The van der Waals surface area contributed by atoms with Gasteiger partial charge in [0, 0.05) is 77.7 Å². The van der Waals surface area contributed by atoms with Crippen LogP contribution in [0, 0.1) is 0 Å². The molecule has 0 saturated carbocycles. The van der Waals surface area contributed by atoms with E-state index in [1.807, 2.05) is 0 Å². The van der Waals surface area contributed by atoms with Crippen molar-refractivity contribution in [1.82, 2.24) is 9.13 Å². The number of hydrogen-bond donors (Lipinski definition) is 0. The van der Waals surface area contributed by atoms with Crippen LogP contribution in [0.5, 0.6) is 0 Å². The molecule has 2 aliphatic heterocycles. The Morgan fingerprint density at radius 1 is 0.253 bits per heavy atom. The fourth-order valence-corrected chi connectivity index (χ4v) is 16.2. The van der Waals surface area contributed by atoms with Gasteiger partial charge in [-0.25, -0.2) is 0 Å². The number of benzene rings is 13. The maximum atomic E-state index is 2.78. The van der Waals surface area contributed by atoms with Gasteiger partial charge >= 0.3 is 0 Å². The van der Waals surface area contributed by atoms with Crippen molar-refractivity contribution >= 4 is 101 Å². The molecule has 15 aromatic rings. The minimum atomic E-state index is -0.429. The number of anilines is 6. The zero-order valence-corrected chi connectivity index (χ0v) is 55.6. The molecule has 4 heterocycles. The summed E-state index contributed by atoms with van der Waals surface area (Å²) in [5, 5.41) is 4.96. The third kappa shape index (κ3) is 9.10. The normalized spacial score (nSPS) is 13.0. The van der Waals surface area contributed by atoms with E-state index in [9.17, 15) is 0 Å². The molecule has 0 atom stereocenters. The molecular weight excluding hydrogens is 1150 g/mol. The average molecular weight is 1220 g/mol. The molecule has 0 N–H and O–H groups in total. The highest BCUT2D eigenvalue weighted by Crippen LogP contribution is 2.57. The molecule has 0 fully saturated rings. The lowest BCUT2D eigenvalue weighted by Gasteiger charge is -2.49. The summed E-state index contributed by atoms with van der Waals surface area (Å²) in [7, 11) is 0. The predicted octanol–water partition coefficient (Wildman–Crippen LogP) is 22.5. The van der Waals surface area contributed by atoms with Crippen molar-refractivity contribution in [2.24, 2.45) is 0 Å². The summed E-state index contributed by atoms with van der Waals surface area (Å²) in [6, 6.07) is 110. The fraction of sp³-hybridized carbons (Fsp3) is 0.133. The van der Waals surface area contributed by atoms with Crippen LogP contribution in [0.3, 0.4) is 0 Å². The fourth-order valence-electron chi connectivity index (χ4n) is 16.2. The Morgan fingerprint density at radius 2 is 0.537 bits per heavy atom. The number of aromatic nitrogens is 2. The summed E-state index contributed by atoms with van der Waals surface area (Å²) >= 11 is 0. The van der Waals surface area contributed by atoms with Crippen LogP contribution in [-0.4, -0.2) is 15.8 Å². The van der Waals surface area contributed by atoms with Crippen LogP contribution >= 0.6 is 0 Å². The largest absolute Gasteiger partial charge is 0.310 e. The molecule has 95 heavy (non-hydrogen) atoms. The predicted molar refractivity (Wildman–Crippen MR) is 407 cm³/mol. The molecule has 17 rings (SSSR count). The maximum absolute atomic E-state index is 2.78. The standard InChI is InChI=1S/C90H75BN4/c1-88(2,3)62-56-79-83-80(57-62)95(85-65(60-36-18-12-19-37-60)46-31-47-66(85)61-38-20-13-21-39-61)87-72(53-55-78(82(87)90(7,8)9)93-75-50-28-24-42-69(75)70-43-25-29-51-76(70)93)91(83)71-52-54-77(92-73-48-26-22-40-67(73)68-41-23-27-49-74(68)92)81(89(4,5)6)86(71)94(79)84-63(58-32-14-10-15-33-58)44-30-45-64(84)59-34-16-11-17-35-59/h10-57H,1-9H3. The van der Waals surface area contributed by atoms with Gasteiger partial charge in [0.2, 0.25) is 0 Å². The van der Waals surface area contributed by atoms with Crippen molar-refractivity contribution in [2.45, 2.75) is 78.6 Å². The number of rotatable bonds is 8. The third-order valence-corrected chi connectivity index (χ3v) is 20.2. The van der Waals surface area contributed by atoms with Crippen LogP contribution in [0.2, 0.25) is 0 Å². The molecule has 0 amide bonds. The van der Waals surface area contributed by atoms with Gasteiger partial charge in [0.25, 0.3) is 6.71 Å². The molecule has 13 aromatic carbocycles. The minimum absolute atomic E-state index is 0.249. The number of hydrogen-bond acceptors (Lipinski definition) is 2. The second kappa shape index (κ2) is 21.9. The first kappa shape index (κ1) is 58.0. The second-order valence-electron chi connectivity index (χ2n) is 29.2. The van der Waals surface area contributed by atoms with E-state index < -0.39 is 10.8 Å². The topological polar surface area (TPSA) is 16.3 Å². The lowest BCUT2D eigenvalue weighted by molar-refractivity contribution is 0.587. The summed E-state index contributed by atoms with van der Waals surface area (Å²) in [6.07, 6.45) is 0. The van der Waals surface area contributed by atoms with Crippen molar-refractivity contribution in [2.75, 3.05) is 9.80 Å². The smallest absolute Gasteiger partial charge is 0.252 e. The van der Waals surface area contributed by atoms with Gasteiger partial charge in [0.15, 0.2) is 0 Å². The number of fused-ring (bicyclic) bond motifs is 10. The molecule has 2 aliphatic rings. The van der Waals surface area contributed by atoms with Crippen LogP contribution in [0.25, 0.3) is 99.5 Å². The molecule has 0 saturated heterocycles. The SMILES string of the molecule is CC(C)(C)c1cc2c3c(c1)N(c1c(-c4ccccc4)cccc1-c1ccccc1)c1c(ccc(-n4c5ccccc5c5ccccc54)c1C(C)(C)C)B3c1ccc(-n3c4ccccc4c4ccccc43)c(C(C)(C)C)c1N2c1c(-c2ccccc2)cccc1-c1ccccc1. The highest BCUT2D eigenvalue weighted by molar-refractivity contribution is 7.00. The van der Waals surface area contributed by atoms with Crippen LogP contribution in [0.15, 0.2) is 291 Å². The van der Waals surface area contributed by atoms with Gasteiger partial charge in [-0.15, -0.1) is 0 Å². The molecule has 0 unspecified atom stereocenters. The number of para-hydroxylation sites is 6. The van der Waals surface area contributed by atoms with E-state index in [1.54, 1.807) is 0 Å². The zero-order chi connectivity index (χ0) is 64.6. The lowest BCUT2D eigenvalue weighted by Crippen LogP contribution is -2.62. The zero-order valence-electron chi connectivity index (χ0n) is 55.6. The molecule has 0 spiro atoms. The van der Waals surface area contributed by atoms with Gasteiger partial charge in [-0.2, -0.15) is 0 Å². The van der Waals surface area contributed by atoms with Gasteiger partial charge in [0.05, 0.1) is 44.8 Å². The molecule has 2 aromatic heterocycles. The van der Waals surface area contributed by atoms with Crippen molar-refractivity contribution in [1.29, 1.82) is 0 Å². The first-order chi connectivity index (χ1) is 46.1. The summed E-state index contributed by atoms with van der Waals surface area (Å²) in [4.78, 5) is 5.56. The molecule has 0 aliphatic carbocycles. The van der Waals surface area contributed by atoms with E-state index in [4.69, 9.17) is 0 Å². The lowest BCUT2D eigenvalue weighted by atomic mass is 9.32. The Labute approximate surface area is 558 Å². The van der Waals surface area contributed by atoms with Gasteiger partial charge in [-0.1, -0.05) is 305 Å². The van der Waals surface area contributed by atoms with Gasteiger partial charge in [-0.3, -0.25) is 0 Å². The van der Waals surface area contributed by atoms with Gasteiger partial charge in [-0.05, 0) is 109 Å². The van der Waals surface area contributed by atoms with E-state index in [2.05, 4.69) is 372 Å². The van der Waals surface area contributed by atoms with E-state index in [-0.39, 0.29) is 12.1 Å². The van der Waals surface area contributed by atoms with Crippen molar-refractivity contribution in [3.05, 3.63) is 308 Å². The Bertz CT molecular complexity index is 4990. The van der Waals surface area contributed by atoms with E-state index in [1.165, 1.54) is 111 Å². The third-order valence-electron chi connectivity index (χ3n) is 20.2. The molecule has 0 bridgehead atoms. The quantitative estimate of drug-likeness (QED) is 0.141. The molecular formula is C90H75BN4. The van der Waals surface area contributed by atoms with Crippen LogP contribution in [0.1, 0.15) is 79.0 Å². The first-order valence-electron chi connectivity index (χ1n) is 33.7. The number of nitrogens with zero attached hydrogens (tertiary/aromatic N) is 4. The second-order valence-corrected chi connectivity index (χ2v) is 29.2. The molecule has 5 heteroatoms. The Kier molecular flexibility index (Phi) is 13.3. The molecule has 0 radical (unpaired) electrons. The summed E-state index contributed by atoms with van der Waals surface area (Å²) in [6.45, 7) is 21.7. The van der Waals surface area contributed by atoms with Crippen LogP contribution in [-0.2, 0) is 16.2 Å². The van der Waals surface area contributed by atoms with E-state index in [0.717, 1.165) is 55.9 Å². The Hall–Kier alpha value is -10.9. The molecule has 4 nitrogen and oxygen atoms in total. The average Bonchev–Trinajstić information content (AvgIpc) is 0.720. The monoisotopic (exact) mass is 1220 g/mol. The highest BCUT2D eigenvalue weighted by Gasteiger charge is 2.49. The Morgan fingerprint density at radius 3 is 0.821 bits per heavy atom. The van der Waals surface area contributed by atoms with Crippen molar-refractivity contribution in [3.63, 3.8) is 0 Å². The highest BCUT2D eigenvalue weighted by atomic mass is 15.2. The Balaban J connectivity index is 1.12. The first-order valence-corrected chi connectivity index (χ1v) is 33.7. The molecule has 458 valence electrons. The minimum Gasteiger partial charge on any atom is -0.310 e. The van der Waals surface area contributed by atoms with E-state index >= 15 is 0 Å². The van der Waals surface area contributed by atoms with Crippen molar-refractivity contribution < 1.29 is 0 Å². The summed E-state index contributed by atoms with van der Waals surface area (Å²) in [5.41, 5.74) is 29.9. The van der Waals surface area contributed by atoms with Crippen LogP contribution in [0.4, 0.5) is 34.1 Å². The van der Waals surface area contributed by atoms with Gasteiger partial charge in [0.1, 0.15) is 0 Å². The van der Waals surface area contributed by atoms with E-state index in [0.29, 0.717) is 0 Å².